The van der Waals surface area contributed by atoms with Crippen molar-refractivity contribution in [2.24, 2.45) is 7.05 Å². The van der Waals surface area contributed by atoms with E-state index >= 15 is 0 Å². The summed E-state index contributed by atoms with van der Waals surface area (Å²) in [5.41, 5.74) is 20.7. The summed E-state index contributed by atoms with van der Waals surface area (Å²) >= 11 is 1.64. The summed E-state index contributed by atoms with van der Waals surface area (Å²) in [7, 11) is 6.97. The van der Waals surface area contributed by atoms with Gasteiger partial charge in [-0.15, -0.1) is 31.7 Å². The van der Waals surface area contributed by atoms with Crippen LogP contribution in [0.25, 0.3) is 87.2 Å². The maximum absolute atomic E-state index is 6.03. The third kappa shape index (κ3) is 19.9. The van der Waals surface area contributed by atoms with Gasteiger partial charge in [0.2, 0.25) is 0 Å². The van der Waals surface area contributed by atoms with Crippen LogP contribution < -0.4 is 58.7 Å². The summed E-state index contributed by atoms with van der Waals surface area (Å²) in [6, 6.07) is 54.4. The molecule has 0 saturated carbocycles. The Morgan fingerprint density at radius 3 is 1.37 bits per heavy atom. The van der Waals surface area contributed by atoms with Crippen LogP contribution in [0.5, 0.6) is 46.0 Å². The molecule has 0 aliphatic carbocycles. The maximum Gasteiger partial charge on any atom is 0.161 e. The Kier molecular flexibility index (Phi) is 29.5. The number of aromatic nitrogens is 16. The molecule has 706 valence electrons. The first kappa shape index (κ1) is 95.0. The fourth-order valence-corrected chi connectivity index (χ4v) is 19.5. The number of aryl methyl sites for hydroxylation is 13. The Bertz CT molecular complexity index is 7330. The van der Waals surface area contributed by atoms with Gasteiger partial charge >= 0.3 is 0 Å². The number of hydrogen-bond donors (Lipinski definition) is 3. The molecule has 137 heavy (non-hydrogen) atoms. The number of fused-ring (bicyclic) bond motifs is 5. The van der Waals surface area contributed by atoms with Crippen LogP contribution in [0.2, 0.25) is 0 Å². The van der Waals surface area contributed by atoms with Crippen molar-refractivity contribution < 1.29 is 42.6 Å². The molecule has 12 heterocycles. The number of ether oxygens (including phenoxy) is 9. The zero-order valence-electron chi connectivity index (χ0n) is 81.5. The van der Waals surface area contributed by atoms with E-state index in [0.29, 0.717) is 65.8 Å². The molecule has 0 radical (unpaired) electrons. The zero-order chi connectivity index (χ0) is 96.2. The minimum absolute atomic E-state index is 0.0678. The first-order valence-electron chi connectivity index (χ1n) is 46.2. The number of nitrogens with zero attached hydrogens (tertiary/aromatic N) is 17. The molecule has 11 aromatic heterocycles. The highest BCUT2D eigenvalue weighted by Crippen LogP contribution is 2.44. The third-order valence-electron chi connectivity index (χ3n) is 24.7. The van der Waals surface area contributed by atoms with E-state index in [1.165, 1.54) is 10.9 Å². The van der Waals surface area contributed by atoms with E-state index in [1.54, 1.807) is 37.3 Å². The van der Waals surface area contributed by atoms with Crippen LogP contribution in [-0.4, -0.2) is 159 Å². The van der Waals surface area contributed by atoms with Crippen molar-refractivity contribution in [1.82, 2.24) is 78.8 Å². The number of methoxy groups -OCH3 is 3. The third-order valence-corrected chi connectivity index (χ3v) is 25.7. The molecule has 1 aliphatic heterocycles. The summed E-state index contributed by atoms with van der Waals surface area (Å²) < 4.78 is 62.6. The number of para-hydroxylation sites is 1. The Morgan fingerprint density at radius 2 is 0.869 bits per heavy atom. The average molecular weight is 1860 g/mol. The lowest BCUT2D eigenvalue weighted by molar-refractivity contribution is 0.0101. The summed E-state index contributed by atoms with van der Waals surface area (Å²) in [5.74, 6) is 9.49. The monoisotopic (exact) mass is 1860 g/mol. The van der Waals surface area contributed by atoms with Gasteiger partial charge in [-0.1, -0.05) is 66.7 Å². The normalized spacial score (nSPS) is 12.4. The molecule has 0 amide bonds. The van der Waals surface area contributed by atoms with Crippen LogP contribution in [-0.2, 0) is 31.4 Å². The second-order valence-corrected chi connectivity index (χ2v) is 34.3. The van der Waals surface area contributed by atoms with E-state index in [1.807, 2.05) is 209 Å². The Hall–Kier alpha value is -15.2. The maximum atomic E-state index is 6.03. The van der Waals surface area contributed by atoms with Crippen LogP contribution in [0.4, 0.5) is 23.3 Å². The molecule has 3 N–H and O–H groups in total. The minimum Gasteiger partial charge on any atom is -0.494 e. The molecule has 1 saturated heterocycles. The molecule has 1 atom stereocenters. The highest BCUT2D eigenvalue weighted by Gasteiger charge is 2.31. The second-order valence-electron chi connectivity index (χ2n) is 33.4. The highest BCUT2D eigenvalue weighted by atomic mass is 32.1. The fraction of sp³-hybridized carbons (Fsp3) is 0.299. The van der Waals surface area contributed by atoms with Crippen LogP contribution in [0, 0.1) is 83.1 Å². The van der Waals surface area contributed by atoms with E-state index < -0.39 is 0 Å². The molecule has 0 spiro atoms. The molecule has 1 unspecified atom stereocenters. The standard InChI is InChI=1S/C29H34N4O4.C28H29N5O2S.C28H29N5O2.C22H26N6O/c1-6-35-23-12-13-25(26(16-23)34-5)33-20(3)27-19(2)30-31-29(28(27)21(33)4)32-14-15-36-24(17-32)18-37-22-10-8-7-9-11-22;1-6-35-22-12-13-23(24(14-22)34-5)33-18(3)25-17(2)31-32-27(26(25)19(33)4)29-15-21-16-36-28(30-21)20-10-8-7-9-11-20;1-6-35-22-10-11-24(25(14-22)34-5)33-18(3)26-17(2)31-32-28(27(26)19(33)4)30-16-21-9-7-8-20-15-29-13-12-23(20)21;1-6-29-19-9-7-18(8-10-19)28-15(3)20-14(2)25-26-22(21(20)16(28)4)23-11-17-12-24-27(5)13-17/h7-13,16,24H,6,14-15,17-18H2,1-5H3;7-14,16H,6,15H2,1-5H3,(H,29,32);7-15H,6,16H2,1-5H3,(H,30,32);7-10,12-13H,6,11H2,1-5H3,(H,23,26). The molecule has 0 bridgehead atoms. The number of pyridine rings is 1. The number of benzene rings is 7. The zero-order valence-corrected chi connectivity index (χ0v) is 82.3. The smallest absolute Gasteiger partial charge is 0.161 e. The summed E-state index contributed by atoms with van der Waals surface area (Å²) in [6.45, 7) is 39.7. The fourth-order valence-electron chi connectivity index (χ4n) is 18.6. The number of thiazole rings is 1. The topological polar surface area (TPSA) is 289 Å². The lowest BCUT2D eigenvalue weighted by atomic mass is 10.1. The van der Waals surface area contributed by atoms with Gasteiger partial charge in [0.05, 0.1) is 113 Å². The summed E-state index contributed by atoms with van der Waals surface area (Å²) in [6.07, 6.45) is 7.50. The largest absolute Gasteiger partial charge is 0.494 e. The molecule has 19 rings (SSSR count). The van der Waals surface area contributed by atoms with Gasteiger partial charge in [-0.2, -0.15) is 25.5 Å². The number of morpholine rings is 1. The number of nitrogens with one attached hydrogen (secondary N) is 3. The Labute approximate surface area is 802 Å². The molecule has 7 aromatic carbocycles. The lowest BCUT2D eigenvalue weighted by Gasteiger charge is -2.33. The van der Waals surface area contributed by atoms with Gasteiger partial charge in [0.15, 0.2) is 23.3 Å². The quantitative estimate of drug-likeness (QED) is 0.0392. The van der Waals surface area contributed by atoms with Crippen molar-refractivity contribution in [1.29, 1.82) is 0 Å². The number of hydrogen-bond acceptors (Lipinski definition) is 25. The van der Waals surface area contributed by atoms with Crippen LogP contribution in [0.15, 0.2) is 194 Å². The van der Waals surface area contributed by atoms with Gasteiger partial charge in [-0.05, 0) is 201 Å². The van der Waals surface area contributed by atoms with Gasteiger partial charge in [0, 0.05) is 186 Å². The highest BCUT2D eigenvalue weighted by molar-refractivity contribution is 7.13. The van der Waals surface area contributed by atoms with Crippen molar-refractivity contribution in [2.45, 2.75) is 137 Å². The summed E-state index contributed by atoms with van der Waals surface area (Å²) in [5, 5.41) is 65.0. The van der Waals surface area contributed by atoms with Gasteiger partial charge in [0.1, 0.15) is 63.7 Å². The van der Waals surface area contributed by atoms with Gasteiger partial charge in [-0.25, -0.2) is 4.98 Å². The SMILES string of the molecule is CCOc1ccc(-n2c(C)c3c(C)nnc(N4CCOC(COc5ccccc5)C4)c3c2C)c(OC)c1.CCOc1ccc(-n2c(C)c3c(C)nnc(NCc4cccc5cnccc45)c3c2C)c(OC)c1.CCOc1ccc(-n2c(C)c3c(C)nnc(NCc4cnn(C)c4)c3c2C)cc1.CCOc1ccc(-n2c(C)c3c(C)nnc(NCc4csc(-c5ccccc5)n4)c3c2C)c(OC)c1. The average Bonchev–Trinajstić information content (AvgIpc) is 1.60. The molecular weight excluding hydrogens is 1740 g/mol. The molecule has 29 nitrogen and oxygen atoms in total. The van der Waals surface area contributed by atoms with E-state index in [4.69, 9.17) is 47.6 Å². The van der Waals surface area contributed by atoms with Crippen molar-refractivity contribution in [2.75, 3.05) is 94.9 Å². The predicted molar refractivity (Wildman–Crippen MR) is 545 cm³/mol. The van der Waals surface area contributed by atoms with Gasteiger partial charge in [0.25, 0.3) is 0 Å². The first-order valence-corrected chi connectivity index (χ1v) is 47.0. The molecule has 30 heteroatoms. The Balaban J connectivity index is 0.000000133. The van der Waals surface area contributed by atoms with E-state index in [0.717, 1.165) is 237 Å². The second kappa shape index (κ2) is 42.6. The lowest BCUT2D eigenvalue weighted by Crippen LogP contribution is -2.45. The van der Waals surface area contributed by atoms with Gasteiger partial charge < -0.3 is 81.8 Å². The molecule has 1 fully saturated rings. The molecular formula is C107H118N20O9S. The van der Waals surface area contributed by atoms with E-state index in [-0.39, 0.29) is 6.10 Å². The van der Waals surface area contributed by atoms with E-state index in [9.17, 15) is 0 Å². The van der Waals surface area contributed by atoms with Crippen molar-refractivity contribution in [3.63, 3.8) is 0 Å². The molecule has 18 aromatic rings. The Morgan fingerprint density at radius 1 is 0.423 bits per heavy atom. The van der Waals surface area contributed by atoms with Crippen LogP contribution >= 0.6 is 11.3 Å². The minimum atomic E-state index is -0.0678. The van der Waals surface area contributed by atoms with E-state index in [2.05, 4.69) is 193 Å². The van der Waals surface area contributed by atoms with Crippen LogP contribution in [0.3, 0.4) is 0 Å². The van der Waals surface area contributed by atoms with Gasteiger partial charge in [-0.3, -0.25) is 9.67 Å². The van der Waals surface area contributed by atoms with Crippen molar-refractivity contribution >= 4 is 88.5 Å². The predicted octanol–water partition coefficient (Wildman–Crippen LogP) is 21.5. The van der Waals surface area contributed by atoms with Crippen molar-refractivity contribution in [3.8, 4) is 79.3 Å². The molecule has 1 aliphatic rings. The number of anilines is 4. The summed E-state index contributed by atoms with van der Waals surface area (Å²) in [4.78, 5) is 11.3. The van der Waals surface area contributed by atoms with Crippen LogP contribution in [0.1, 0.15) is 113 Å². The first-order chi connectivity index (χ1) is 66.5. The van der Waals surface area contributed by atoms with Crippen molar-refractivity contribution in [3.05, 3.63) is 279 Å². The number of rotatable bonds is 29.